The van der Waals surface area contributed by atoms with Crippen molar-refractivity contribution in [2.24, 2.45) is 7.05 Å². The molecule has 24 heavy (non-hydrogen) atoms. The number of para-hydroxylation sites is 1. The average molecular weight is 364 g/mol. The number of halogens is 1. The SMILES string of the molecule is Cn1cnnc1Sc1ccccc1NS(=O)(=O)c1cccc(F)c1. The molecule has 0 atom stereocenters. The number of aryl methyl sites for hydroxylation is 1. The predicted molar refractivity (Wildman–Crippen MR) is 88.8 cm³/mol. The van der Waals surface area contributed by atoms with Crippen LogP contribution in [0, 0.1) is 5.82 Å². The van der Waals surface area contributed by atoms with Crippen molar-refractivity contribution >= 4 is 27.5 Å². The fraction of sp³-hybridized carbons (Fsp3) is 0.0667. The highest BCUT2D eigenvalue weighted by Crippen LogP contribution is 2.33. The van der Waals surface area contributed by atoms with Crippen molar-refractivity contribution in [3.63, 3.8) is 0 Å². The van der Waals surface area contributed by atoms with E-state index in [9.17, 15) is 12.8 Å². The summed E-state index contributed by atoms with van der Waals surface area (Å²) >= 11 is 1.27. The first-order chi connectivity index (χ1) is 11.5. The number of rotatable bonds is 5. The van der Waals surface area contributed by atoms with Crippen molar-refractivity contribution < 1.29 is 12.8 Å². The van der Waals surface area contributed by atoms with Gasteiger partial charge in [-0.05, 0) is 42.1 Å². The summed E-state index contributed by atoms with van der Waals surface area (Å²) in [6, 6.07) is 11.8. The molecule has 124 valence electrons. The highest BCUT2D eigenvalue weighted by atomic mass is 32.2. The molecule has 0 radical (unpaired) electrons. The van der Waals surface area contributed by atoms with Crippen LogP contribution in [0.5, 0.6) is 0 Å². The fourth-order valence-corrected chi connectivity index (χ4v) is 3.97. The lowest BCUT2D eigenvalue weighted by Gasteiger charge is -2.12. The van der Waals surface area contributed by atoms with Crippen molar-refractivity contribution in [1.82, 2.24) is 14.8 Å². The van der Waals surface area contributed by atoms with Gasteiger partial charge in [-0.25, -0.2) is 12.8 Å². The lowest BCUT2D eigenvalue weighted by molar-refractivity contribution is 0.595. The number of sulfonamides is 1. The van der Waals surface area contributed by atoms with Gasteiger partial charge in [-0.3, -0.25) is 4.72 Å². The largest absolute Gasteiger partial charge is 0.311 e. The van der Waals surface area contributed by atoms with Crippen molar-refractivity contribution in [2.45, 2.75) is 14.9 Å². The Balaban J connectivity index is 1.92. The van der Waals surface area contributed by atoms with E-state index in [4.69, 9.17) is 0 Å². The first kappa shape index (κ1) is 16.5. The summed E-state index contributed by atoms with van der Waals surface area (Å²) in [6.45, 7) is 0. The van der Waals surface area contributed by atoms with Crippen LogP contribution in [-0.4, -0.2) is 23.2 Å². The molecule has 0 aliphatic carbocycles. The first-order valence-corrected chi connectivity index (χ1v) is 9.15. The number of anilines is 1. The van der Waals surface area contributed by atoms with Crippen molar-refractivity contribution in [3.8, 4) is 0 Å². The Morgan fingerprint density at radius 2 is 1.96 bits per heavy atom. The standard InChI is InChI=1S/C15H13FN4O2S2/c1-20-10-17-18-15(20)23-14-8-3-2-7-13(14)19-24(21,22)12-6-4-5-11(16)9-12/h2-10,19H,1H3. The van der Waals surface area contributed by atoms with E-state index in [-0.39, 0.29) is 4.90 Å². The lowest BCUT2D eigenvalue weighted by atomic mass is 10.3. The molecule has 9 heteroatoms. The van der Waals surface area contributed by atoms with E-state index in [1.54, 1.807) is 42.2 Å². The second-order valence-electron chi connectivity index (χ2n) is 4.89. The minimum atomic E-state index is -3.89. The summed E-state index contributed by atoms with van der Waals surface area (Å²) in [7, 11) is -2.10. The van der Waals surface area contributed by atoms with Gasteiger partial charge in [0.2, 0.25) is 0 Å². The van der Waals surface area contributed by atoms with E-state index in [1.165, 1.54) is 30.0 Å². The monoisotopic (exact) mass is 364 g/mol. The highest BCUT2D eigenvalue weighted by Gasteiger charge is 2.17. The molecule has 0 aliphatic rings. The molecular formula is C15H13FN4O2S2. The van der Waals surface area contributed by atoms with Crippen molar-refractivity contribution in [3.05, 3.63) is 60.7 Å². The molecule has 0 saturated carbocycles. The van der Waals surface area contributed by atoms with Crippen LogP contribution in [-0.2, 0) is 17.1 Å². The first-order valence-electron chi connectivity index (χ1n) is 6.85. The van der Waals surface area contributed by atoms with Gasteiger partial charge >= 0.3 is 0 Å². The van der Waals surface area contributed by atoms with Crippen LogP contribution in [0.2, 0.25) is 0 Å². The molecule has 3 rings (SSSR count). The van der Waals surface area contributed by atoms with Gasteiger partial charge in [0.25, 0.3) is 10.0 Å². The Labute approximate surface area is 142 Å². The third-order valence-electron chi connectivity index (χ3n) is 3.11. The summed E-state index contributed by atoms with van der Waals surface area (Å²) < 4.78 is 42.4. The maximum atomic E-state index is 13.3. The number of hydrogen-bond donors (Lipinski definition) is 1. The van der Waals surface area contributed by atoms with Gasteiger partial charge in [0, 0.05) is 11.9 Å². The van der Waals surface area contributed by atoms with Gasteiger partial charge < -0.3 is 4.57 Å². The van der Waals surface area contributed by atoms with Gasteiger partial charge in [-0.2, -0.15) is 0 Å². The molecule has 0 aliphatic heterocycles. The lowest BCUT2D eigenvalue weighted by Crippen LogP contribution is -2.13. The highest BCUT2D eigenvalue weighted by molar-refractivity contribution is 7.99. The van der Waals surface area contributed by atoms with E-state index in [2.05, 4.69) is 14.9 Å². The summed E-state index contributed by atoms with van der Waals surface area (Å²) in [6.07, 6.45) is 1.56. The molecule has 0 bridgehead atoms. The number of hydrogen-bond acceptors (Lipinski definition) is 5. The zero-order valence-electron chi connectivity index (χ0n) is 12.5. The molecule has 0 unspecified atom stereocenters. The van der Waals surface area contributed by atoms with Gasteiger partial charge in [-0.15, -0.1) is 10.2 Å². The number of nitrogens with one attached hydrogen (secondary N) is 1. The van der Waals surface area contributed by atoms with Crippen LogP contribution in [0.25, 0.3) is 0 Å². The minimum absolute atomic E-state index is 0.138. The van der Waals surface area contributed by atoms with Crippen LogP contribution in [0.3, 0.4) is 0 Å². The van der Waals surface area contributed by atoms with Gasteiger partial charge in [-0.1, -0.05) is 18.2 Å². The Kier molecular flexibility index (Phi) is 4.54. The second-order valence-corrected chi connectivity index (χ2v) is 7.58. The molecule has 1 heterocycles. The third kappa shape index (κ3) is 3.57. The molecule has 0 fully saturated rings. The van der Waals surface area contributed by atoms with Crippen LogP contribution >= 0.6 is 11.8 Å². The van der Waals surface area contributed by atoms with Crippen LogP contribution in [0.1, 0.15) is 0 Å². The van der Waals surface area contributed by atoms with Crippen LogP contribution in [0.15, 0.2) is 69.8 Å². The van der Waals surface area contributed by atoms with E-state index in [0.717, 1.165) is 6.07 Å². The zero-order chi connectivity index (χ0) is 17.2. The third-order valence-corrected chi connectivity index (χ3v) is 5.60. The quantitative estimate of drug-likeness (QED) is 0.753. The van der Waals surface area contributed by atoms with Crippen molar-refractivity contribution in [1.29, 1.82) is 0 Å². The van der Waals surface area contributed by atoms with E-state index < -0.39 is 15.8 Å². The van der Waals surface area contributed by atoms with Gasteiger partial charge in [0.1, 0.15) is 12.1 Å². The molecule has 2 aromatic carbocycles. The van der Waals surface area contributed by atoms with Gasteiger partial charge in [0.05, 0.1) is 10.6 Å². The summed E-state index contributed by atoms with van der Waals surface area (Å²) in [5, 5.41) is 8.38. The Morgan fingerprint density at radius 3 is 2.67 bits per heavy atom. The number of nitrogens with zero attached hydrogens (tertiary/aromatic N) is 3. The Bertz CT molecular complexity index is 973. The van der Waals surface area contributed by atoms with Crippen molar-refractivity contribution in [2.75, 3.05) is 4.72 Å². The van der Waals surface area contributed by atoms with Crippen LogP contribution in [0.4, 0.5) is 10.1 Å². The van der Waals surface area contributed by atoms with Gasteiger partial charge in [0.15, 0.2) is 5.16 Å². The molecule has 6 nitrogen and oxygen atoms in total. The normalized spacial score (nSPS) is 11.4. The maximum absolute atomic E-state index is 13.3. The summed E-state index contributed by atoms with van der Waals surface area (Å²) in [5.41, 5.74) is 0.384. The number of aromatic nitrogens is 3. The molecule has 1 aromatic heterocycles. The predicted octanol–water partition coefficient (Wildman–Crippen LogP) is 2.91. The Hall–Kier alpha value is -2.39. The summed E-state index contributed by atoms with van der Waals surface area (Å²) in [5.74, 6) is -0.611. The summed E-state index contributed by atoms with van der Waals surface area (Å²) in [4.78, 5) is 0.523. The van der Waals surface area contributed by atoms with Crippen LogP contribution < -0.4 is 4.72 Å². The topological polar surface area (TPSA) is 76.9 Å². The van der Waals surface area contributed by atoms with E-state index in [0.29, 0.717) is 15.7 Å². The maximum Gasteiger partial charge on any atom is 0.262 e. The smallest absolute Gasteiger partial charge is 0.262 e. The molecule has 1 N–H and O–H groups in total. The zero-order valence-corrected chi connectivity index (χ0v) is 14.2. The molecule has 3 aromatic rings. The number of benzene rings is 2. The second kappa shape index (κ2) is 6.62. The van der Waals surface area contributed by atoms with E-state index >= 15 is 0 Å². The average Bonchev–Trinajstić information content (AvgIpc) is 2.94. The fourth-order valence-electron chi connectivity index (χ4n) is 1.94. The van der Waals surface area contributed by atoms with E-state index in [1.807, 2.05) is 0 Å². The molecule has 0 spiro atoms. The minimum Gasteiger partial charge on any atom is -0.311 e. The molecular weight excluding hydrogens is 351 g/mol. The Morgan fingerprint density at radius 1 is 1.17 bits per heavy atom. The molecule has 0 amide bonds. The molecule has 0 saturated heterocycles.